The lowest BCUT2D eigenvalue weighted by molar-refractivity contribution is 0.753. The molecule has 0 aliphatic carbocycles. The third-order valence-electron chi connectivity index (χ3n) is 7.50. The largest absolute Gasteiger partial charge is 0.255 e. The zero-order chi connectivity index (χ0) is 27.2. The van der Waals surface area contributed by atoms with E-state index in [4.69, 9.17) is 20.0 Å². The Morgan fingerprint density at radius 3 is 2.29 bits per heavy atom. The van der Waals surface area contributed by atoms with Crippen molar-refractivity contribution in [2.24, 2.45) is 9.98 Å². The molecule has 0 spiro atoms. The highest BCUT2D eigenvalue weighted by molar-refractivity contribution is 7.20. The molecule has 3 aromatic heterocycles. The van der Waals surface area contributed by atoms with Crippen molar-refractivity contribution in [3.63, 3.8) is 0 Å². The molecule has 1 aliphatic heterocycles. The number of hydrogen-bond acceptors (Lipinski definition) is 6. The first-order chi connectivity index (χ1) is 20.3. The fourth-order valence-corrected chi connectivity index (χ4v) is 6.32. The fourth-order valence-electron chi connectivity index (χ4n) is 5.43. The molecule has 1 aliphatic rings. The van der Waals surface area contributed by atoms with Crippen molar-refractivity contribution in [1.82, 2.24) is 15.0 Å². The number of pyridine rings is 2. The summed E-state index contributed by atoms with van der Waals surface area (Å²) in [6.45, 7) is 0. The highest BCUT2D eigenvalue weighted by Gasteiger charge is 2.23. The van der Waals surface area contributed by atoms with Gasteiger partial charge in [0.2, 0.25) is 0 Å². The van der Waals surface area contributed by atoms with Crippen LogP contribution in [0.2, 0.25) is 0 Å². The van der Waals surface area contributed by atoms with Gasteiger partial charge in [0, 0.05) is 29.0 Å². The molecule has 4 heterocycles. The number of nitrogens with zero attached hydrogens (tertiary/aromatic N) is 5. The molecule has 8 rings (SSSR count). The third kappa shape index (κ3) is 4.39. The molecule has 0 bridgehead atoms. The quantitative estimate of drug-likeness (QED) is 0.209. The first-order valence-corrected chi connectivity index (χ1v) is 14.4. The summed E-state index contributed by atoms with van der Waals surface area (Å²) in [5.41, 5.74) is 7.99. The summed E-state index contributed by atoms with van der Waals surface area (Å²) in [7, 11) is 0. The second kappa shape index (κ2) is 9.84. The molecular formula is C35H23N5S. The van der Waals surface area contributed by atoms with Gasteiger partial charge >= 0.3 is 0 Å². The summed E-state index contributed by atoms with van der Waals surface area (Å²) < 4.78 is 1.10. The maximum Gasteiger partial charge on any atom is 0.185 e. The van der Waals surface area contributed by atoms with Crippen LogP contribution in [-0.4, -0.2) is 26.5 Å². The SMILES string of the molecule is c1ccc(C2=NC(c3nc4cc(-c5ccc6ccc7cccnc7c6n5)ccc4s3)=NC(c3ccccc3)C2)cc1. The summed E-state index contributed by atoms with van der Waals surface area (Å²) in [5.74, 6) is 0.688. The number of aromatic nitrogens is 3. The van der Waals surface area contributed by atoms with Crippen LogP contribution in [0.3, 0.4) is 0 Å². The van der Waals surface area contributed by atoms with Crippen LogP contribution in [0.5, 0.6) is 0 Å². The summed E-state index contributed by atoms with van der Waals surface area (Å²) in [6, 6.07) is 39.6. The van der Waals surface area contributed by atoms with Crippen molar-refractivity contribution in [2.75, 3.05) is 0 Å². The predicted octanol–water partition coefficient (Wildman–Crippen LogP) is 8.44. The smallest absolute Gasteiger partial charge is 0.185 e. The van der Waals surface area contributed by atoms with Gasteiger partial charge < -0.3 is 0 Å². The molecule has 5 nitrogen and oxygen atoms in total. The van der Waals surface area contributed by atoms with Gasteiger partial charge in [-0.25, -0.2) is 15.0 Å². The van der Waals surface area contributed by atoms with Gasteiger partial charge in [0.25, 0.3) is 0 Å². The van der Waals surface area contributed by atoms with Gasteiger partial charge in [-0.05, 0) is 35.4 Å². The van der Waals surface area contributed by atoms with Crippen molar-refractivity contribution in [2.45, 2.75) is 12.5 Å². The normalized spacial score (nSPS) is 15.3. The van der Waals surface area contributed by atoms with Gasteiger partial charge in [-0.3, -0.25) is 9.98 Å². The first-order valence-electron chi connectivity index (χ1n) is 13.6. The van der Waals surface area contributed by atoms with Crippen molar-refractivity contribution in [3.8, 4) is 11.3 Å². The van der Waals surface area contributed by atoms with E-state index in [0.29, 0.717) is 5.84 Å². The Kier molecular flexibility index (Phi) is 5.71. The molecule has 0 amide bonds. The van der Waals surface area contributed by atoms with E-state index in [9.17, 15) is 0 Å². The average molecular weight is 546 g/mol. The van der Waals surface area contributed by atoms with Crippen LogP contribution in [0.4, 0.5) is 0 Å². The Balaban J connectivity index is 1.21. The van der Waals surface area contributed by atoms with Crippen molar-refractivity contribution in [1.29, 1.82) is 0 Å². The van der Waals surface area contributed by atoms with Crippen molar-refractivity contribution < 1.29 is 0 Å². The number of amidine groups is 1. The van der Waals surface area contributed by atoms with Crippen molar-refractivity contribution >= 4 is 54.9 Å². The molecule has 194 valence electrons. The Morgan fingerprint density at radius 1 is 0.659 bits per heavy atom. The summed E-state index contributed by atoms with van der Waals surface area (Å²) in [6.07, 6.45) is 2.57. The van der Waals surface area contributed by atoms with E-state index in [1.165, 1.54) is 5.56 Å². The lowest BCUT2D eigenvalue weighted by atomic mass is 9.96. The maximum atomic E-state index is 5.09. The topological polar surface area (TPSA) is 63.4 Å². The van der Waals surface area contributed by atoms with Gasteiger partial charge in [0.15, 0.2) is 10.8 Å². The lowest BCUT2D eigenvalue weighted by Crippen LogP contribution is -2.17. The van der Waals surface area contributed by atoms with E-state index in [2.05, 4.69) is 102 Å². The molecule has 1 atom stereocenters. The predicted molar refractivity (Wildman–Crippen MR) is 169 cm³/mol. The molecule has 0 saturated heterocycles. The summed E-state index contributed by atoms with van der Waals surface area (Å²) in [4.78, 5) is 24.8. The number of fused-ring (bicyclic) bond motifs is 4. The Morgan fingerprint density at radius 2 is 1.44 bits per heavy atom. The van der Waals surface area contributed by atoms with Crippen LogP contribution < -0.4 is 0 Å². The number of rotatable bonds is 4. The fraction of sp³-hybridized carbons (Fsp3) is 0.0571. The van der Waals surface area contributed by atoms with E-state index in [1.54, 1.807) is 11.3 Å². The van der Waals surface area contributed by atoms with Gasteiger partial charge in [-0.15, -0.1) is 11.3 Å². The van der Waals surface area contributed by atoms with Crippen LogP contribution in [0.15, 0.2) is 131 Å². The molecule has 0 saturated carbocycles. The molecule has 1 unspecified atom stereocenters. The number of aliphatic imine (C=N–C) groups is 2. The third-order valence-corrected chi connectivity index (χ3v) is 8.54. The van der Waals surface area contributed by atoms with Crippen LogP contribution in [-0.2, 0) is 0 Å². The minimum Gasteiger partial charge on any atom is -0.255 e. The first kappa shape index (κ1) is 23.8. The van der Waals surface area contributed by atoms with Crippen LogP contribution in [0.25, 0.3) is 43.3 Å². The van der Waals surface area contributed by atoms with Gasteiger partial charge in [0.05, 0.1) is 38.7 Å². The van der Waals surface area contributed by atoms with E-state index < -0.39 is 0 Å². The second-order valence-electron chi connectivity index (χ2n) is 10.1. The Hall–Kier alpha value is -5.07. The monoisotopic (exact) mass is 545 g/mol. The van der Waals surface area contributed by atoms with E-state index in [1.807, 2.05) is 24.4 Å². The lowest BCUT2D eigenvalue weighted by Gasteiger charge is -2.20. The molecule has 7 aromatic rings. The minimum atomic E-state index is -0.00767. The van der Waals surface area contributed by atoms with E-state index >= 15 is 0 Å². The van der Waals surface area contributed by atoms with Crippen LogP contribution >= 0.6 is 11.3 Å². The number of thiazole rings is 1. The summed E-state index contributed by atoms with van der Waals surface area (Å²) in [5, 5.41) is 2.99. The summed E-state index contributed by atoms with van der Waals surface area (Å²) >= 11 is 1.63. The zero-order valence-corrected chi connectivity index (χ0v) is 22.8. The molecule has 0 N–H and O–H groups in total. The van der Waals surface area contributed by atoms with Gasteiger partial charge in [-0.1, -0.05) is 91.0 Å². The van der Waals surface area contributed by atoms with E-state index in [-0.39, 0.29) is 6.04 Å². The molecule has 6 heteroatoms. The van der Waals surface area contributed by atoms with Gasteiger partial charge in [-0.2, -0.15) is 0 Å². The minimum absolute atomic E-state index is 0.00767. The molecular weight excluding hydrogens is 522 g/mol. The standard InChI is InChI=1S/C35H23N5S/c1-3-8-22(9-4-1)28-21-29(23-10-5-2-6-11-23)39-34(38-28)35-40-30-20-26(16-18-31(30)41-35)27-17-15-25-14-13-24-12-7-19-36-32(24)33(25)37-27/h1-20,28H,21H2. The van der Waals surface area contributed by atoms with Crippen LogP contribution in [0, 0.1) is 0 Å². The molecule has 41 heavy (non-hydrogen) atoms. The highest BCUT2D eigenvalue weighted by Crippen LogP contribution is 2.33. The Bertz CT molecular complexity index is 2130. The molecule has 4 aromatic carbocycles. The second-order valence-corrected chi connectivity index (χ2v) is 11.1. The number of hydrogen-bond donors (Lipinski definition) is 0. The highest BCUT2D eigenvalue weighted by atomic mass is 32.1. The zero-order valence-electron chi connectivity index (χ0n) is 22.0. The molecule has 0 radical (unpaired) electrons. The van der Waals surface area contributed by atoms with Crippen molar-refractivity contribution in [3.05, 3.63) is 138 Å². The van der Waals surface area contributed by atoms with Crippen LogP contribution in [0.1, 0.15) is 28.6 Å². The maximum absolute atomic E-state index is 5.09. The number of benzene rings is 4. The Labute approximate surface area is 240 Å². The average Bonchev–Trinajstić information content (AvgIpc) is 3.49. The van der Waals surface area contributed by atoms with Gasteiger partial charge in [0.1, 0.15) is 0 Å². The molecule has 0 fully saturated rings. The van der Waals surface area contributed by atoms with E-state index in [0.717, 1.165) is 66.0 Å².